The van der Waals surface area contributed by atoms with Crippen LogP contribution in [0.3, 0.4) is 0 Å². The molecular weight excluding hydrogens is 272 g/mol. The highest BCUT2D eigenvalue weighted by Gasteiger charge is 2.18. The third-order valence-corrected chi connectivity index (χ3v) is 3.55. The Bertz CT molecular complexity index is 836. The fourth-order valence-electron chi connectivity index (χ4n) is 2.58. The van der Waals surface area contributed by atoms with Gasteiger partial charge >= 0.3 is 0 Å². The number of nitrogens with one attached hydrogen (secondary N) is 1. The third-order valence-electron chi connectivity index (χ3n) is 3.55. The molecule has 4 heteroatoms. The van der Waals surface area contributed by atoms with Gasteiger partial charge in [-0.25, -0.2) is 8.78 Å². The van der Waals surface area contributed by atoms with Gasteiger partial charge in [0.1, 0.15) is 0 Å². The fraction of sp³-hybridized carbons (Fsp3) is 0.118. The smallest absolute Gasteiger partial charge is 0.169 e. The largest absolute Gasteiger partial charge is 0.358 e. The van der Waals surface area contributed by atoms with Crippen LogP contribution in [0.2, 0.25) is 0 Å². The highest BCUT2D eigenvalue weighted by atomic mass is 19.2. The maximum Gasteiger partial charge on any atom is 0.169 e. The molecule has 0 spiro atoms. The number of aromatic amines is 1. The summed E-state index contributed by atoms with van der Waals surface area (Å²) in [4.78, 5) is 15.6. The van der Waals surface area contributed by atoms with E-state index in [9.17, 15) is 13.6 Å². The summed E-state index contributed by atoms with van der Waals surface area (Å²) in [5.41, 5.74) is 2.20. The number of carbonyl (C=O) groups is 1. The fourth-order valence-corrected chi connectivity index (χ4v) is 2.58. The minimum atomic E-state index is -0.955. The van der Waals surface area contributed by atoms with Crippen LogP contribution < -0.4 is 0 Å². The van der Waals surface area contributed by atoms with Gasteiger partial charge in [0.15, 0.2) is 17.4 Å². The average Bonchev–Trinajstić information content (AvgIpc) is 2.79. The molecule has 0 amide bonds. The van der Waals surface area contributed by atoms with Crippen molar-refractivity contribution in [3.63, 3.8) is 0 Å². The third kappa shape index (κ3) is 2.33. The van der Waals surface area contributed by atoms with Crippen molar-refractivity contribution >= 4 is 16.7 Å². The van der Waals surface area contributed by atoms with Crippen LogP contribution >= 0.6 is 0 Å². The molecule has 1 aromatic heterocycles. The summed E-state index contributed by atoms with van der Waals surface area (Å²) >= 11 is 0. The number of halogens is 2. The molecule has 0 radical (unpaired) electrons. The standard InChI is InChI=1S/C17H13F2NO/c1-10-16(12-6-2-3-8-14(12)20-10)15(21)9-11-5-4-7-13(18)17(11)19/h2-8,20H,9H2,1H3. The number of ketones is 1. The molecule has 2 nitrogen and oxygen atoms in total. The Labute approximate surface area is 120 Å². The van der Waals surface area contributed by atoms with Crippen LogP contribution in [0.1, 0.15) is 21.6 Å². The normalized spacial score (nSPS) is 11.0. The number of H-pyrrole nitrogens is 1. The van der Waals surface area contributed by atoms with Crippen LogP contribution in [0.15, 0.2) is 42.5 Å². The van der Waals surface area contributed by atoms with E-state index in [0.717, 1.165) is 22.7 Å². The highest BCUT2D eigenvalue weighted by molar-refractivity contribution is 6.09. The monoisotopic (exact) mass is 285 g/mol. The van der Waals surface area contributed by atoms with Crippen LogP contribution in [0.4, 0.5) is 8.78 Å². The van der Waals surface area contributed by atoms with Gasteiger partial charge in [0.2, 0.25) is 0 Å². The van der Waals surface area contributed by atoms with Crippen LogP contribution in [0.5, 0.6) is 0 Å². The number of aryl methyl sites for hydroxylation is 1. The van der Waals surface area contributed by atoms with Crippen molar-refractivity contribution in [1.82, 2.24) is 4.98 Å². The molecule has 0 aliphatic heterocycles. The summed E-state index contributed by atoms with van der Waals surface area (Å²) < 4.78 is 26.9. The van der Waals surface area contributed by atoms with Gasteiger partial charge in [-0.1, -0.05) is 30.3 Å². The number of Topliss-reactive ketones (excluding diaryl/α,β-unsaturated/α-hetero) is 1. The predicted molar refractivity (Wildman–Crippen MR) is 77.4 cm³/mol. The minimum absolute atomic E-state index is 0.0738. The van der Waals surface area contributed by atoms with Crippen molar-refractivity contribution in [2.24, 2.45) is 0 Å². The lowest BCUT2D eigenvalue weighted by molar-refractivity contribution is 0.0992. The first-order valence-electron chi connectivity index (χ1n) is 6.61. The first-order chi connectivity index (χ1) is 10.1. The summed E-state index contributed by atoms with van der Waals surface area (Å²) in [6, 6.07) is 11.3. The van der Waals surface area contributed by atoms with Gasteiger partial charge < -0.3 is 4.98 Å². The molecule has 0 saturated heterocycles. The van der Waals surface area contributed by atoms with Crippen molar-refractivity contribution in [3.8, 4) is 0 Å². The molecule has 21 heavy (non-hydrogen) atoms. The van der Waals surface area contributed by atoms with Crippen LogP contribution in [0, 0.1) is 18.6 Å². The second kappa shape index (κ2) is 5.13. The lowest BCUT2D eigenvalue weighted by atomic mass is 10.00. The number of aromatic nitrogens is 1. The summed E-state index contributed by atoms with van der Waals surface area (Å²) in [6.07, 6.45) is -0.160. The van der Waals surface area contributed by atoms with E-state index in [-0.39, 0.29) is 17.8 Å². The highest BCUT2D eigenvalue weighted by Crippen LogP contribution is 2.24. The Morgan fingerprint density at radius 3 is 2.67 bits per heavy atom. The molecule has 0 saturated carbocycles. The van der Waals surface area contributed by atoms with Crippen LogP contribution in [-0.2, 0) is 6.42 Å². The zero-order valence-electron chi connectivity index (χ0n) is 11.4. The molecule has 0 bridgehead atoms. The van der Waals surface area contributed by atoms with Crippen molar-refractivity contribution in [2.75, 3.05) is 0 Å². The zero-order chi connectivity index (χ0) is 15.0. The number of rotatable bonds is 3. The van der Waals surface area contributed by atoms with Gasteiger partial charge in [-0.2, -0.15) is 0 Å². The molecule has 3 rings (SSSR count). The van der Waals surface area contributed by atoms with Gasteiger partial charge in [-0.15, -0.1) is 0 Å². The molecule has 1 heterocycles. The van der Waals surface area contributed by atoms with E-state index in [0.29, 0.717) is 5.56 Å². The first kappa shape index (κ1) is 13.5. The minimum Gasteiger partial charge on any atom is -0.358 e. The predicted octanol–water partition coefficient (Wildman–Crippen LogP) is 4.18. The number of para-hydroxylation sites is 1. The van der Waals surface area contributed by atoms with Gasteiger partial charge in [0.25, 0.3) is 0 Å². The average molecular weight is 285 g/mol. The van der Waals surface area contributed by atoms with E-state index in [1.54, 1.807) is 6.92 Å². The van der Waals surface area contributed by atoms with Crippen molar-refractivity contribution in [2.45, 2.75) is 13.3 Å². The quantitative estimate of drug-likeness (QED) is 0.719. The molecule has 0 atom stereocenters. The van der Waals surface area contributed by atoms with Crippen LogP contribution in [0.25, 0.3) is 10.9 Å². The number of hydrogen-bond acceptors (Lipinski definition) is 1. The van der Waals surface area contributed by atoms with E-state index in [2.05, 4.69) is 4.98 Å². The number of fused-ring (bicyclic) bond motifs is 1. The first-order valence-corrected chi connectivity index (χ1v) is 6.61. The Balaban J connectivity index is 2.01. The molecule has 0 fully saturated rings. The Morgan fingerprint density at radius 1 is 1.10 bits per heavy atom. The Hall–Kier alpha value is -2.49. The van der Waals surface area contributed by atoms with Crippen LogP contribution in [-0.4, -0.2) is 10.8 Å². The Morgan fingerprint density at radius 2 is 1.86 bits per heavy atom. The molecule has 0 aliphatic rings. The maximum absolute atomic E-state index is 13.7. The summed E-state index contributed by atoms with van der Waals surface area (Å²) in [6.45, 7) is 1.80. The van der Waals surface area contributed by atoms with E-state index >= 15 is 0 Å². The topological polar surface area (TPSA) is 32.9 Å². The van der Waals surface area contributed by atoms with Gasteiger partial charge in [-0.05, 0) is 24.6 Å². The van der Waals surface area contributed by atoms with Gasteiger partial charge in [-0.3, -0.25) is 4.79 Å². The number of benzene rings is 2. The van der Waals surface area contributed by atoms with Crippen molar-refractivity contribution in [1.29, 1.82) is 0 Å². The van der Waals surface area contributed by atoms with E-state index in [1.165, 1.54) is 12.1 Å². The number of hydrogen-bond donors (Lipinski definition) is 1. The van der Waals surface area contributed by atoms with E-state index < -0.39 is 11.6 Å². The summed E-state index contributed by atoms with van der Waals surface area (Å²) in [5, 5.41) is 0.803. The van der Waals surface area contributed by atoms with E-state index in [4.69, 9.17) is 0 Å². The Kier molecular flexibility index (Phi) is 3.29. The van der Waals surface area contributed by atoms with Gasteiger partial charge in [0.05, 0.1) is 0 Å². The SMILES string of the molecule is Cc1[nH]c2ccccc2c1C(=O)Cc1cccc(F)c1F. The molecular formula is C17H13F2NO. The van der Waals surface area contributed by atoms with E-state index in [1.807, 2.05) is 24.3 Å². The second-order valence-electron chi connectivity index (χ2n) is 4.98. The molecule has 0 aliphatic carbocycles. The maximum atomic E-state index is 13.7. The van der Waals surface area contributed by atoms with Gasteiger partial charge in [0, 0.05) is 28.6 Å². The summed E-state index contributed by atoms with van der Waals surface area (Å²) in [7, 11) is 0. The molecule has 1 N–H and O–H groups in total. The second-order valence-corrected chi connectivity index (χ2v) is 4.98. The van der Waals surface area contributed by atoms with Crippen molar-refractivity contribution in [3.05, 3.63) is 70.9 Å². The van der Waals surface area contributed by atoms with Crippen molar-refractivity contribution < 1.29 is 13.6 Å². The molecule has 106 valence electrons. The molecule has 3 aromatic rings. The summed E-state index contributed by atoms with van der Waals surface area (Å²) in [5.74, 6) is -2.12. The lowest BCUT2D eigenvalue weighted by Gasteiger charge is -2.04. The zero-order valence-corrected chi connectivity index (χ0v) is 11.4. The number of carbonyl (C=O) groups excluding carboxylic acids is 1. The molecule has 2 aromatic carbocycles. The molecule has 0 unspecified atom stereocenters. The lowest BCUT2D eigenvalue weighted by Crippen LogP contribution is -2.07.